The molecule has 0 aliphatic carbocycles. The lowest BCUT2D eigenvalue weighted by atomic mass is 10.0. The molecule has 0 bridgehead atoms. The Labute approximate surface area is 265 Å². The molecule has 9 heteroatoms. The summed E-state index contributed by atoms with van der Waals surface area (Å²) < 4.78 is 23.0. The molecule has 0 aliphatic heterocycles. The predicted molar refractivity (Wildman–Crippen MR) is 178 cm³/mol. The Balaban J connectivity index is 4.57. The molecule has 0 aromatic heterocycles. The summed E-state index contributed by atoms with van der Waals surface area (Å²) in [5, 5.41) is 13.7. The van der Waals surface area contributed by atoms with E-state index in [9.17, 15) is 19.4 Å². The first-order chi connectivity index (χ1) is 20.5. The number of phosphoric acid groups is 1. The van der Waals surface area contributed by atoms with Crippen LogP contribution >= 0.6 is 7.82 Å². The van der Waals surface area contributed by atoms with E-state index in [0.717, 1.165) is 44.9 Å². The second kappa shape index (κ2) is 27.5. The Morgan fingerprint density at radius 1 is 0.791 bits per heavy atom. The monoisotopic (exact) mass is 632 g/mol. The van der Waals surface area contributed by atoms with Crippen LogP contribution < -0.4 is 10.2 Å². The van der Waals surface area contributed by atoms with E-state index >= 15 is 0 Å². The van der Waals surface area contributed by atoms with Crippen molar-refractivity contribution >= 4 is 13.7 Å². The molecule has 0 fully saturated rings. The minimum Gasteiger partial charge on any atom is -0.756 e. The zero-order chi connectivity index (χ0) is 32.2. The number of rotatable bonds is 31. The average Bonchev–Trinajstić information content (AvgIpc) is 2.94. The summed E-state index contributed by atoms with van der Waals surface area (Å²) in [6.07, 6.45) is 26.4. The summed E-state index contributed by atoms with van der Waals surface area (Å²) in [5.41, 5.74) is 0. The van der Waals surface area contributed by atoms with E-state index in [1.54, 1.807) is 0 Å². The third-order valence-corrected chi connectivity index (χ3v) is 8.72. The smallest absolute Gasteiger partial charge is 0.268 e. The second-order valence-corrected chi connectivity index (χ2v) is 14.6. The molecule has 0 saturated heterocycles. The maximum atomic E-state index is 12.7. The lowest BCUT2D eigenvalue weighted by molar-refractivity contribution is -0.870. The first-order valence-electron chi connectivity index (χ1n) is 17.5. The number of hydrogen-bond acceptors (Lipinski definition) is 6. The van der Waals surface area contributed by atoms with Crippen molar-refractivity contribution in [2.24, 2.45) is 0 Å². The first-order valence-corrected chi connectivity index (χ1v) is 19.0. The lowest BCUT2D eigenvalue weighted by Gasteiger charge is -2.30. The van der Waals surface area contributed by atoms with E-state index in [1.807, 2.05) is 21.1 Å². The van der Waals surface area contributed by atoms with Gasteiger partial charge in [-0.1, -0.05) is 116 Å². The van der Waals surface area contributed by atoms with Gasteiger partial charge in [-0.25, -0.2) is 0 Å². The fourth-order valence-electron chi connectivity index (χ4n) is 4.85. The van der Waals surface area contributed by atoms with Crippen LogP contribution in [-0.4, -0.2) is 68.5 Å². The molecule has 0 aliphatic rings. The van der Waals surface area contributed by atoms with Crippen LogP contribution in [0.25, 0.3) is 0 Å². The number of carbonyl (C=O) groups is 1. The van der Waals surface area contributed by atoms with Crippen LogP contribution in [0, 0.1) is 0 Å². The van der Waals surface area contributed by atoms with E-state index in [-0.39, 0.29) is 19.1 Å². The van der Waals surface area contributed by atoms with Crippen LogP contribution in [0.2, 0.25) is 0 Å². The number of unbranched alkanes of at least 4 members (excludes halogenated alkanes) is 16. The van der Waals surface area contributed by atoms with Gasteiger partial charge in [0.25, 0.3) is 7.82 Å². The molecule has 256 valence electrons. The Kier molecular flexibility index (Phi) is 27.1. The van der Waals surface area contributed by atoms with E-state index in [2.05, 4.69) is 31.3 Å². The zero-order valence-electron chi connectivity index (χ0n) is 28.7. The lowest BCUT2D eigenvalue weighted by Crippen LogP contribution is -2.46. The Morgan fingerprint density at radius 3 is 1.81 bits per heavy atom. The van der Waals surface area contributed by atoms with Gasteiger partial charge < -0.3 is 28.8 Å². The quantitative estimate of drug-likeness (QED) is 0.0349. The van der Waals surface area contributed by atoms with E-state index in [1.165, 1.54) is 77.0 Å². The summed E-state index contributed by atoms with van der Waals surface area (Å²) in [6, 6.07) is -0.807. The number of nitrogens with zero attached hydrogens (tertiary/aromatic N) is 1. The minimum absolute atomic E-state index is 0.00877. The molecule has 0 aromatic rings. The fourth-order valence-corrected chi connectivity index (χ4v) is 5.58. The highest BCUT2D eigenvalue weighted by Gasteiger charge is 2.24. The number of aliphatic hydroxyl groups is 1. The number of aliphatic hydroxyl groups excluding tert-OH is 1. The number of amides is 1. The molecule has 0 rings (SSSR count). The topological polar surface area (TPSA) is 108 Å². The van der Waals surface area contributed by atoms with Gasteiger partial charge in [0.05, 0.1) is 39.9 Å². The Bertz CT molecular complexity index is 728. The van der Waals surface area contributed by atoms with E-state index in [0.29, 0.717) is 23.9 Å². The molecule has 0 saturated carbocycles. The van der Waals surface area contributed by atoms with Crippen LogP contribution in [0.3, 0.4) is 0 Å². The zero-order valence-corrected chi connectivity index (χ0v) is 29.6. The van der Waals surface area contributed by atoms with Gasteiger partial charge in [-0.3, -0.25) is 9.36 Å². The van der Waals surface area contributed by atoms with Gasteiger partial charge in [-0.15, -0.1) is 0 Å². The molecule has 43 heavy (non-hydrogen) atoms. The highest BCUT2D eigenvalue weighted by molar-refractivity contribution is 7.45. The second-order valence-electron chi connectivity index (χ2n) is 13.2. The predicted octanol–water partition coefficient (Wildman–Crippen LogP) is 7.83. The molecule has 3 atom stereocenters. The maximum absolute atomic E-state index is 12.7. The van der Waals surface area contributed by atoms with Crippen molar-refractivity contribution < 1.29 is 32.9 Å². The largest absolute Gasteiger partial charge is 0.756 e. The van der Waals surface area contributed by atoms with Gasteiger partial charge in [-0.2, -0.15) is 0 Å². The van der Waals surface area contributed by atoms with Crippen molar-refractivity contribution in [1.82, 2.24) is 5.32 Å². The molecule has 1 unspecified atom stereocenters. The average molecular weight is 633 g/mol. The van der Waals surface area contributed by atoms with E-state index < -0.39 is 20.0 Å². The number of quaternary nitrogens is 1. The molecular weight excluding hydrogens is 563 g/mol. The van der Waals surface area contributed by atoms with Crippen molar-refractivity contribution in [3.63, 3.8) is 0 Å². The van der Waals surface area contributed by atoms with Gasteiger partial charge in [0, 0.05) is 6.42 Å². The molecule has 0 spiro atoms. The van der Waals surface area contributed by atoms with Crippen molar-refractivity contribution in [2.75, 3.05) is 40.9 Å². The van der Waals surface area contributed by atoms with Crippen LogP contribution in [0.15, 0.2) is 12.2 Å². The molecule has 8 nitrogen and oxygen atoms in total. The summed E-state index contributed by atoms with van der Waals surface area (Å²) in [5.74, 6) is -0.181. The van der Waals surface area contributed by atoms with Crippen LogP contribution in [0.1, 0.15) is 149 Å². The summed E-state index contributed by atoms with van der Waals surface area (Å²) in [4.78, 5) is 25.0. The van der Waals surface area contributed by atoms with Gasteiger partial charge in [0.15, 0.2) is 0 Å². The first kappa shape index (κ1) is 42.2. The molecular formula is C34H69N2O6P. The number of likely N-dealkylation sites (N-methyl/N-ethyl adjacent to an activating group) is 1. The third kappa shape index (κ3) is 29.7. The van der Waals surface area contributed by atoms with Crippen LogP contribution in [0.4, 0.5) is 0 Å². The molecule has 0 aromatic carbocycles. The SMILES string of the molecule is CCCCCCCC/C=C/CCCC[C@@H](O)[C@H](COP(=O)([O-])OCC[N+](C)(C)C)NC(=O)CCCCCCCCCCC. The Morgan fingerprint density at radius 2 is 1.28 bits per heavy atom. The highest BCUT2D eigenvalue weighted by atomic mass is 31.2. The standard InChI is InChI=1S/C34H69N2O6P/c1-6-8-10-12-14-16-17-18-20-21-23-25-27-33(37)32(31-42-43(39,40)41-30-29-36(3,4)5)35-34(38)28-26-24-22-19-15-13-11-9-7-2/h18,20,32-33,37H,6-17,19,21-31H2,1-5H3,(H-,35,38,39,40)/b20-18+/t32-,33+/m0/s1. The maximum Gasteiger partial charge on any atom is 0.268 e. The van der Waals surface area contributed by atoms with Gasteiger partial charge >= 0.3 is 0 Å². The van der Waals surface area contributed by atoms with Crippen LogP contribution in [0.5, 0.6) is 0 Å². The number of allylic oxidation sites excluding steroid dienone is 2. The summed E-state index contributed by atoms with van der Waals surface area (Å²) in [6.45, 7) is 4.63. The number of carbonyl (C=O) groups excluding carboxylic acids is 1. The fraction of sp³-hybridized carbons (Fsp3) is 0.912. The minimum atomic E-state index is -4.55. The van der Waals surface area contributed by atoms with Gasteiger partial charge in [0.1, 0.15) is 13.2 Å². The Hall–Kier alpha value is -0.760. The van der Waals surface area contributed by atoms with Crippen molar-refractivity contribution in [1.29, 1.82) is 0 Å². The molecule has 0 heterocycles. The number of nitrogens with one attached hydrogen (secondary N) is 1. The van der Waals surface area contributed by atoms with Crippen molar-refractivity contribution in [3.8, 4) is 0 Å². The van der Waals surface area contributed by atoms with Crippen molar-refractivity contribution in [3.05, 3.63) is 12.2 Å². The number of phosphoric ester groups is 1. The molecule has 1 amide bonds. The molecule has 0 radical (unpaired) electrons. The highest BCUT2D eigenvalue weighted by Crippen LogP contribution is 2.38. The van der Waals surface area contributed by atoms with Gasteiger partial charge in [-0.05, 0) is 38.5 Å². The van der Waals surface area contributed by atoms with Crippen molar-refractivity contribution in [2.45, 2.75) is 161 Å². The number of hydrogen-bond donors (Lipinski definition) is 2. The van der Waals surface area contributed by atoms with Crippen LogP contribution in [-0.2, 0) is 18.4 Å². The summed E-state index contributed by atoms with van der Waals surface area (Å²) in [7, 11) is 1.29. The van der Waals surface area contributed by atoms with E-state index in [4.69, 9.17) is 9.05 Å². The third-order valence-electron chi connectivity index (χ3n) is 7.75. The van der Waals surface area contributed by atoms with Gasteiger partial charge in [0.2, 0.25) is 5.91 Å². The molecule has 2 N–H and O–H groups in total. The normalized spacial score (nSPS) is 15.0. The summed E-state index contributed by atoms with van der Waals surface area (Å²) >= 11 is 0.